The molecule has 0 bridgehead atoms. The van der Waals surface area contributed by atoms with Gasteiger partial charge in [-0.3, -0.25) is 4.68 Å². The van der Waals surface area contributed by atoms with Crippen LogP contribution < -0.4 is 10.6 Å². The zero-order valence-electron chi connectivity index (χ0n) is 18.3. The van der Waals surface area contributed by atoms with Crippen molar-refractivity contribution in [1.29, 1.82) is 5.26 Å². The molecule has 0 radical (unpaired) electrons. The first-order valence-electron chi connectivity index (χ1n) is 10.5. The molecule has 9 heteroatoms. The fourth-order valence-electron chi connectivity index (χ4n) is 4.20. The summed E-state index contributed by atoms with van der Waals surface area (Å²) in [5.41, 5.74) is 4.02. The number of ether oxygens (including phenoxy) is 1. The van der Waals surface area contributed by atoms with Crippen LogP contribution in [0.2, 0.25) is 0 Å². The number of aliphatic hydroxyl groups is 1. The smallest absolute Gasteiger partial charge is 0.228 e. The maximum Gasteiger partial charge on any atom is 0.228 e. The van der Waals surface area contributed by atoms with Crippen molar-refractivity contribution in [3.63, 3.8) is 0 Å². The molecule has 0 spiro atoms. The Kier molecular flexibility index (Phi) is 4.65. The molecule has 1 atom stereocenters. The van der Waals surface area contributed by atoms with Gasteiger partial charge in [-0.25, -0.2) is 9.97 Å². The highest BCUT2D eigenvalue weighted by Crippen LogP contribution is 2.41. The van der Waals surface area contributed by atoms with Gasteiger partial charge < -0.3 is 20.5 Å². The van der Waals surface area contributed by atoms with Crippen LogP contribution in [0.3, 0.4) is 0 Å². The van der Waals surface area contributed by atoms with E-state index in [1.807, 2.05) is 43.7 Å². The van der Waals surface area contributed by atoms with Crippen molar-refractivity contribution >= 4 is 17.5 Å². The number of aromatic nitrogens is 4. The minimum absolute atomic E-state index is 0.0105. The second kappa shape index (κ2) is 7.29. The molecule has 0 saturated carbocycles. The lowest BCUT2D eigenvalue weighted by atomic mass is 9.83. The maximum absolute atomic E-state index is 9.93. The van der Waals surface area contributed by atoms with Gasteiger partial charge in [-0.2, -0.15) is 10.4 Å². The quantitative estimate of drug-likeness (QED) is 0.577. The minimum Gasteiger partial charge on any atom is -0.395 e. The van der Waals surface area contributed by atoms with Crippen molar-refractivity contribution in [3.8, 4) is 17.3 Å². The van der Waals surface area contributed by atoms with Crippen molar-refractivity contribution in [2.45, 2.75) is 44.9 Å². The number of rotatable bonds is 4. The molecule has 2 aliphatic rings. The number of nitriles is 1. The van der Waals surface area contributed by atoms with E-state index in [2.05, 4.69) is 31.8 Å². The van der Waals surface area contributed by atoms with Crippen molar-refractivity contribution in [2.75, 3.05) is 23.8 Å². The first-order chi connectivity index (χ1) is 15.3. The van der Waals surface area contributed by atoms with Gasteiger partial charge >= 0.3 is 0 Å². The lowest BCUT2D eigenvalue weighted by molar-refractivity contribution is -0.0660. The van der Waals surface area contributed by atoms with E-state index < -0.39 is 5.41 Å². The molecule has 3 aromatic rings. The van der Waals surface area contributed by atoms with Gasteiger partial charge in [0.1, 0.15) is 6.07 Å². The van der Waals surface area contributed by atoms with Crippen LogP contribution >= 0.6 is 0 Å². The van der Waals surface area contributed by atoms with E-state index >= 15 is 0 Å². The Morgan fingerprint density at radius 1 is 1.31 bits per heavy atom. The van der Waals surface area contributed by atoms with Gasteiger partial charge in [-0.1, -0.05) is 6.92 Å². The number of hydrogen-bond donors (Lipinski definition) is 3. The van der Waals surface area contributed by atoms with Gasteiger partial charge in [0.2, 0.25) is 5.95 Å². The standard InChI is InChI=1S/C23H25N7O2/c1-22(2)12-30-16(10-32-22)8-19(29-30)28-21-25-5-4-18(27-21)14-6-15(9-24)20-17(7-14)23(3,13-31)11-26-20/h4-8,26,31H,10-13H2,1-3H3,(H,25,27,28,29). The topological polar surface area (TPSA) is 121 Å². The Balaban J connectivity index is 1.46. The number of nitrogens with zero attached hydrogens (tertiary/aromatic N) is 5. The number of nitrogens with one attached hydrogen (secondary N) is 2. The average molecular weight is 432 g/mol. The average Bonchev–Trinajstić information content (AvgIpc) is 3.33. The van der Waals surface area contributed by atoms with Gasteiger partial charge in [-0.15, -0.1) is 0 Å². The Morgan fingerprint density at radius 2 is 2.16 bits per heavy atom. The molecule has 2 aliphatic heterocycles. The number of hydrogen-bond acceptors (Lipinski definition) is 8. The normalized spacial score (nSPS) is 20.7. The molecule has 9 nitrogen and oxygen atoms in total. The van der Waals surface area contributed by atoms with E-state index in [-0.39, 0.29) is 12.2 Å². The summed E-state index contributed by atoms with van der Waals surface area (Å²) >= 11 is 0. The lowest BCUT2D eigenvalue weighted by Crippen LogP contribution is -2.36. The van der Waals surface area contributed by atoms with E-state index in [0.717, 1.165) is 22.5 Å². The van der Waals surface area contributed by atoms with Crippen molar-refractivity contribution in [3.05, 3.63) is 47.3 Å². The van der Waals surface area contributed by atoms with Gasteiger partial charge in [-0.05, 0) is 37.6 Å². The van der Waals surface area contributed by atoms with Crippen molar-refractivity contribution in [2.24, 2.45) is 0 Å². The molecule has 0 aliphatic carbocycles. The van der Waals surface area contributed by atoms with Crippen LogP contribution in [0.4, 0.5) is 17.5 Å². The fraction of sp³-hybridized carbons (Fsp3) is 0.391. The molecular formula is C23H25N7O2. The van der Waals surface area contributed by atoms with Crippen molar-refractivity contribution in [1.82, 2.24) is 19.7 Å². The Hall–Kier alpha value is -3.48. The molecule has 0 amide bonds. The second-order valence-electron chi connectivity index (χ2n) is 9.25. The van der Waals surface area contributed by atoms with Gasteiger partial charge in [0.15, 0.2) is 5.82 Å². The molecule has 0 saturated heterocycles. The summed E-state index contributed by atoms with van der Waals surface area (Å²) in [6.07, 6.45) is 1.68. The molecule has 1 aromatic carbocycles. The van der Waals surface area contributed by atoms with Gasteiger partial charge in [0, 0.05) is 29.8 Å². The molecule has 32 heavy (non-hydrogen) atoms. The van der Waals surface area contributed by atoms with Crippen LogP contribution in [0.5, 0.6) is 0 Å². The third-order valence-electron chi connectivity index (χ3n) is 6.11. The summed E-state index contributed by atoms with van der Waals surface area (Å²) in [5, 5.41) is 30.7. The first-order valence-corrected chi connectivity index (χ1v) is 10.5. The summed E-state index contributed by atoms with van der Waals surface area (Å²) in [4.78, 5) is 8.99. The maximum atomic E-state index is 9.93. The lowest BCUT2D eigenvalue weighted by Gasteiger charge is -2.30. The van der Waals surface area contributed by atoms with E-state index in [9.17, 15) is 10.4 Å². The van der Waals surface area contributed by atoms with Crippen LogP contribution in [-0.4, -0.2) is 43.6 Å². The van der Waals surface area contributed by atoms with E-state index in [0.29, 0.717) is 42.7 Å². The first kappa shape index (κ1) is 20.4. The Bertz CT molecular complexity index is 1240. The molecular weight excluding hydrogens is 406 g/mol. The van der Waals surface area contributed by atoms with Crippen LogP contribution in [0.25, 0.3) is 11.3 Å². The third-order valence-corrected chi connectivity index (χ3v) is 6.11. The molecule has 5 rings (SSSR count). The summed E-state index contributed by atoms with van der Waals surface area (Å²) in [5.74, 6) is 1.07. The molecule has 3 N–H and O–H groups in total. The van der Waals surface area contributed by atoms with E-state index in [1.54, 1.807) is 12.3 Å². The van der Waals surface area contributed by atoms with Crippen LogP contribution in [0.1, 0.15) is 37.6 Å². The van der Waals surface area contributed by atoms with Crippen LogP contribution in [-0.2, 0) is 23.3 Å². The number of aliphatic hydroxyl groups excluding tert-OH is 1. The fourth-order valence-corrected chi connectivity index (χ4v) is 4.20. The molecule has 164 valence electrons. The van der Waals surface area contributed by atoms with E-state index in [1.165, 1.54) is 0 Å². The zero-order valence-corrected chi connectivity index (χ0v) is 18.3. The minimum atomic E-state index is -0.448. The summed E-state index contributed by atoms with van der Waals surface area (Å²) in [6, 6.07) is 9.81. The highest BCUT2D eigenvalue weighted by molar-refractivity contribution is 5.76. The summed E-state index contributed by atoms with van der Waals surface area (Å²) in [6.45, 7) is 7.82. The van der Waals surface area contributed by atoms with Gasteiger partial charge in [0.05, 0.1) is 48.0 Å². The predicted octanol–water partition coefficient (Wildman–Crippen LogP) is 2.94. The molecule has 1 unspecified atom stereocenters. The predicted molar refractivity (Wildman–Crippen MR) is 119 cm³/mol. The zero-order chi connectivity index (χ0) is 22.5. The number of anilines is 3. The largest absolute Gasteiger partial charge is 0.395 e. The van der Waals surface area contributed by atoms with Crippen molar-refractivity contribution < 1.29 is 9.84 Å². The Labute approximate surface area is 186 Å². The summed E-state index contributed by atoms with van der Waals surface area (Å²) < 4.78 is 7.79. The third kappa shape index (κ3) is 3.47. The van der Waals surface area contributed by atoms with Gasteiger partial charge in [0.25, 0.3) is 0 Å². The molecule has 2 aromatic heterocycles. The SMILES string of the molecule is CC1(C)Cn2nc(Nc3nccc(-c4cc(C#N)c5c(c4)C(C)(CO)CN5)n3)cc2CO1. The Morgan fingerprint density at radius 3 is 2.94 bits per heavy atom. The van der Waals surface area contributed by atoms with Crippen LogP contribution in [0, 0.1) is 11.3 Å². The van der Waals surface area contributed by atoms with Crippen LogP contribution in [0.15, 0.2) is 30.5 Å². The van der Waals surface area contributed by atoms with E-state index in [4.69, 9.17) is 4.74 Å². The molecule has 0 fully saturated rings. The second-order valence-corrected chi connectivity index (χ2v) is 9.25. The number of fused-ring (bicyclic) bond motifs is 2. The summed E-state index contributed by atoms with van der Waals surface area (Å²) in [7, 11) is 0. The monoisotopic (exact) mass is 431 g/mol. The molecule has 4 heterocycles. The number of benzene rings is 1. The highest BCUT2D eigenvalue weighted by Gasteiger charge is 2.36. The highest BCUT2D eigenvalue weighted by atomic mass is 16.5.